The van der Waals surface area contributed by atoms with Gasteiger partial charge in [-0.15, -0.1) is 0 Å². The number of rotatable bonds is 4. The molecule has 1 amide bonds. The summed E-state index contributed by atoms with van der Waals surface area (Å²) in [6.07, 6.45) is 3.49. The van der Waals surface area contributed by atoms with Gasteiger partial charge in [0.2, 0.25) is 0 Å². The summed E-state index contributed by atoms with van der Waals surface area (Å²) in [4.78, 5) is 23.4. The predicted octanol–water partition coefficient (Wildman–Crippen LogP) is 1.20. The Balaban J connectivity index is 2.10. The standard InChI is InChI=1S/C13H22N2O5S/c1-2-20-13(17)14-21(18,19)15-9-5-7-11(15)10-6-3-4-8-12(10)16/h10-11H,2-9H2,1H3,(H,14,17). The Hall–Kier alpha value is -1.15. The van der Waals surface area contributed by atoms with Gasteiger partial charge in [0.05, 0.1) is 6.61 Å². The van der Waals surface area contributed by atoms with Gasteiger partial charge in [-0.1, -0.05) is 6.42 Å². The molecule has 8 heteroatoms. The van der Waals surface area contributed by atoms with Gasteiger partial charge in [-0.3, -0.25) is 4.79 Å². The molecule has 7 nitrogen and oxygen atoms in total. The topological polar surface area (TPSA) is 92.8 Å². The number of nitrogens with zero attached hydrogens (tertiary/aromatic N) is 1. The Morgan fingerprint density at radius 3 is 2.76 bits per heavy atom. The van der Waals surface area contributed by atoms with Crippen LogP contribution in [0.3, 0.4) is 0 Å². The SMILES string of the molecule is CCOC(=O)NS(=O)(=O)N1CCCC1C1CCCCC1=O. The van der Waals surface area contributed by atoms with E-state index in [1.54, 1.807) is 6.92 Å². The average Bonchev–Trinajstić information content (AvgIpc) is 2.88. The van der Waals surface area contributed by atoms with Crippen LogP contribution in [-0.2, 0) is 19.7 Å². The third kappa shape index (κ3) is 3.74. The monoisotopic (exact) mass is 318 g/mol. The van der Waals surface area contributed by atoms with Gasteiger partial charge < -0.3 is 4.74 Å². The smallest absolute Gasteiger partial charge is 0.421 e. The summed E-state index contributed by atoms with van der Waals surface area (Å²) in [6.45, 7) is 2.04. The van der Waals surface area contributed by atoms with Gasteiger partial charge in [0.25, 0.3) is 0 Å². The second-order valence-electron chi connectivity index (χ2n) is 5.47. The Morgan fingerprint density at radius 2 is 2.10 bits per heavy atom. The zero-order chi connectivity index (χ0) is 15.5. The van der Waals surface area contributed by atoms with Crippen molar-refractivity contribution in [3.8, 4) is 0 Å². The molecule has 0 aromatic rings. The zero-order valence-corrected chi connectivity index (χ0v) is 13.0. The van der Waals surface area contributed by atoms with Crippen molar-refractivity contribution in [2.75, 3.05) is 13.2 Å². The lowest BCUT2D eigenvalue weighted by Gasteiger charge is -2.32. The molecule has 0 aromatic heterocycles. The Morgan fingerprint density at radius 1 is 1.33 bits per heavy atom. The van der Waals surface area contributed by atoms with Gasteiger partial charge in [0.15, 0.2) is 0 Å². The highest BCUT2D eigenvalue weighted by molar-refractivity contribution is 7.87. The number of hydrogen-bond acceptors (Lipinski definition) is 5. The molecule has 1 aliphatic carbocycles. The lowest BCUT2D eigenvalue weighted by atomic mass is 9.82. The molecule has 2 aliphatic rings. The largest absolute Gasteiger partial charge is 0.449 e. The first kappa shape index (κ1) is 16.2. The van der Waals surface area contributed by atoms with Crippen LogP contribution < -0.4 is 4.72 Å². The van der Waals surface area contributed by atoms with Crippen molar-refractivity contribution in [3.63, 3.8) is 0 Å². The lowest BCUT2D eigenvalue weighted by Crippen LogP contribution is -2.49. The average molecular weight is 318 g/mol. The van der Waals surface area contributed by atoms with E-state index in [9.17, 15) is 18.0 Å². The molecular formula is C13H22N2O5S. The van der Waals surface area contributed by atoms with E-state index in [4.69, 9.17) is 0 Å². The summed E-state index contributed by atoms with van der Waals surface area (Å²) in [6, 6.07) is -0.329. The first-order valence-electron chi connectivity index (χ1n) is 7.44. The van der Waals surface area contributed by atoms with Crippen LogP contribution in [0.15, 0.2) is 0 Å². The minimum atomic E-state index is -3.95. The number of carbonyl (C=O) groups is 2. The van der Waals surface area contributed by atoms with Crippen LogP contribution >= 0.6 is 0 Å². The van der Waals surface area contributed by atoms with Crippen molar-refractivity contribution in [1.82, 2.24) is 9.03 Å². The molecule has 0 bridgehead atoms. The quantitative estimate of drug-likeness (QED) is 0.841. The molecule has 0 spiro atoms. The fourth-order valence-electron chi connectivity index (χ4n) is 3.21. The van der Waals surface area contributed by atoms with E-state index in [-0.39, 0.29) is 24.3 Å². The van der Waals surface area contributed by atoms with E-state index in [1.165, 1.54) is 4.31 Å². The Labute approximate surface area is 125 Å². The lowest BCUT2D eigenvalue weighted by molar-refractivity contribution is -0.126. The summed E-state index contributed by atoms with van der Waals surface area (Å²) in [5.41, 5.74) is 0. The third-order valence-corrected chi connectivity index (χ3v) is 5.61. The third-order valence-electron chi connectivity index (χ3n) is 4.11. The number of ether oxygens (including phenoxy) is 1. The van der Waals surface area contributed by atoms with Crippen molar-refractivity contribution in [1.29, 1.82) is 0 Å². The van der Waals surface area contributed by atoms with E-state index in [2.05, 4.69) is 4.74 Å². The first-order valence-corrected chi connectivity index (χ1v) is 8.88. The minimum absolute atomic E-state index is 0.103. The van der Waals surface area contributed by atoms with Crippen molar-refractivity contribution < 1.29 is 22.7 Å². The van der Waals surface area contributed by atoms with Crippen LogP contribution in [-0.4, -0.2) is 43.8 Å². The zero-order valence-electron chi connectivity index (χ0n) is 12.2. The van der Waals surface area contributed by atoms with Crippen molar-refractivity contribution in [2.24, 2.45) is 5.92 Å². The van der Waals surface area contributed by atoms with Crippen LogP contribution in [0.4, 0.5) is 4.79 Å². The number of carbonyl (C=O) groups excluding carboxylic acids is 2. The molecule has 2 atom stereocenters. The maximum atomic E-state index is 12.3. The summed E-state index contributed by atoms with van der Waals surface area (Å²) in [5.74, 6) is -0.0931. The van der Waals surface area contributed by atoms with Crippen molar-refractivity contribution >= 4 is 22.1 Å². The second kappa shape index (κ2) is 6.74. The number of Topliss-reactive ketones (excluding diaryl/α,β-unsaturated/α-hetero) is 1. The highest BCUT2D eigenvalue weighted by Crippen LogP contribution is 2.33. The Bertz CT molecular complexity index is 505. The van der Waals surface area contributed by atoms with Gasteiger partial charge in [-0.05, 0) is 32.6 Å². The molecule has 1 saturated carbocycles. The highest BCUT2D eigenvalue weighted by atomic mass is 32.2. The van der Waals surface area contributed by atoms with Crippen LogP contribution in [0.2, 0.25) is 0 Å². The van der Waals surface area contributed by atoms with E-state index in [0.717, 1.165) is 19.3 Å². The number of nitrogens with one attached hydrogen (secondary N) is 1. The summed E-state index contributed by atoms with van der Waals surface area (Å²) < 4.78 is 32.3. The minimum Gasteiger partial charge on any atom is -0.449 e. The molecule has 1 heterocycles. The molecule has 1 saturated heterocycles. The summed E-state index contributed by atoms with van der Waals surface area (Å²) in [7, 11) is -3.95. The Kier molecular flexibility index (Phi) is 5.21. The maximum Gasteiger partial charge on any atom is 0.421 e. The van der Waals surface area contributed by atoms with Crippen LogP contribution in [0.25, 0.3) is 0 Å². The van der Waals surface area contributed by atoms with E-state index in [0.29, 0.717) is 25.8 Å². The van der Waals surface area contributed by atoms with Gasteiger partial charge in [-0.25, -0.2) is 9.52 Å². The first-order chi connectivity index (χ1) is 9.95. The fraction of sp³-hybridized carbons (Fsp3) is 0.846. The molecule has 2 fully saturated rings. The second-order valence-corrected chi connectivity index (χ2v) is 7.09. The van der Waals surface area contributed by atoms with E-state index in [1.807, 2.05) is 4.72 Å². The van der Waals surface area contributed by atoms with Crippen molar-refractivity contribution in [2.45, 2.75) is 51.5 Å². The highest BCUT2D eigenvalue weighted by Gasteiger charge is 2.42. The number of hydrogen-bond donors (Lipinski definition) is 1. The van der Waals surface area contributed by atoms with E-state index >= 15 is 0 Å². The van der Waals surface area contributed by atoms with Gasteiger partial charge >= 0.3 is 16.3 Å². The van der Waals surface area contributed by atoms with Crippen LogP contribution in [0.1, 0.15) is 45.4 Å². The molecule has 1 aliphatic heterocycles. The number of amides is 1. The van der Waals surface area contributed by atoms with Crippen LogP contribution in [0, 0.1) is 5.92 Å². The fourth-order valence-corrected chi connectivity index (χ4v) is 4.57. The van der Waals surface area contributed by atoms with Gasteiger partial charge in [0, 0.05) is 24.9 Å². The molecule has 0 radical (unpaired) electrons. The van der Waals surface area contributed by atoms with Gasteiger partial charge in [0.1, 0.15) is 5.78 Å². The molecule has 1 N–H and O–H groups in total. The molecule has 120 valence electrons. The summed E-state index contributed by atoms with van der Waals surface area (Å²) >= 11 is 0. The normalized spacial score (nSPS) is 27.6. The molecule has 0 aromatic carbocycles. The maximum absolute atomic E-state index is 12.3. The molecular weight excluding hydrogens is 296 g/mol. The predicted molar refractivity (Wildman–Crippen MR) is 75.8 cm³/mol. The van der Waals surface area contributed by atoms with E-state index < -0.39 is 16.3 Å². The summed E-state index contributed by atoms with van der Waals surface area (Å²) in [5, 5.41) is 0. The molecule has 2 unspecified atom stereocenters. The molecule has 21 heavy (non-hydrogen) atoms. The molecule has 2 rings (SSSR count). The van der Waals surface area contributed by atoms with Gasteiger partial charge in [-0.2, -0.15) is 12.7 Å². The van der Waals surface area contributed by atoms with Crippen molar-refractivity contribution in [3.05, 3.63) is 0 Å². The number of ketones is 1. The van der Waals surface area contributed by atoms with Crippen LogP contribution in [0.5, 0.6) is 0 Å².